The Morgan fingerprint density at radius 3 is 2.41 bits per heavy atom. The zero-order chi connectivity index (χ0) is 12.6. The van der Waals surface area contributed by atoms with Gasteiger partial charge in [-0.15, -0.1) is 0 Å². The molecule has 0 bridgehead atoms. The molecule has 0 spiro atoms. The number of aryl methyl sites for hydroxylation is 1. The second-order valence-corrected chi connectivity index (χ2v) is 4.69. The Balaban J connectivity index is 2.59. The van der Waals surface area contributed by atoms with E-state index in [0.29, 0.717) is 0 Å². The van der Waals surface area contributed by atoms with E-state index in [9.17, 15) is 8.78 Å². The van der Waals surface area contributed by atoms with Crippen molar-refractivity contribution in [2.75, 3.05) is 7.11 Å². The number of nitrogens with two attached hydrogens (primary N) is 1. The number of alkyl halides is 2. The average Bonchev–Trinajstić information content (AvgIpc) is 2.24. The summed E-state index contributed by atoms with van der Waals surface area (Å²) in [6.07, 6.45) is 0.166. The van der Waals surface area contributed by atoms with Gasteiger partial charge in [0.1, 0.15) is 5.75 Å². The fourth-order valence-electron chi connectivity index (χ4n) is 2.52. The molecule has 0 aliphatic heterocycles. The van der Waals surface area contributed by atoms with E-state index in [1.807, 2.05) is 6.92 Å². The summed E-state index contributed by atoms with van der Waals surface area (Å²) in [5, 5.41) is 0. The molecule has 1 aromatic carbocycles. The summed E-state index contributed by atoms with van der Waals surface area (Å²) in [7, 11) is 1.42. The minimum Gasteiger partial charge on any atom is -0.496 e. The number of hydrogen-bond donors (Lipinski definition) is 1. The summed E-state index contributed by atoms with van der Waals surface area (Å²) in [5.41, 5.74) is 7.37. The fraction of sp³-hybridized carbons (Fsp3) is 0.538. The first kappa shape index (κ1) is 12.3. The quantitative estimate of drug-likeness (QED) is 0.881. The second kappa shape index (κ2) is 4.26. The number of rotatable bonds is 3. The van der Waals surface area contributed by atoms with E-state index >= 15 is 0 Å². The molecule has 0 aromatic heterocycles. The van der Waals surface area contributed by atoms with Crippen LogP contribution in [-0.4, -0.2) is 7.11 Å². The van der Waals surface area contributed by atoms with Crippen molar-refractivity contribution in [2.45, 2.75) is 38.2 Å². The van der Waals surface area contributed by atoms with Crippen LogP contribution in [0.1, 0.15) is 42.4 Å². The predicted octanol–water partition coefficient (Wildman–Crippen LogP) is 3.28. The highest BCUT2D eigenvalue weighted by Crippen LogP contribution is 2.46. The number of halogens is 2. The number of benzene rings is 1. The molecule has 17 heavy (non-hydrogen) atoms. The van der Waals surface area contributed by atoms with E-state index in [1.165, 1.54) is 13.2 Å². The van der Waals surface area contributed by atoms with E-state index in [1.54, 1.807) is 6.07 Å². The first-order valence-electron chi connectivity index (χ1n) is 5.74. The minimum atomic E-state index is -2.53. The molecule has 2 nitrogen and oxygen atoms in total. The Morgan fingerprint density at radius 1 is 1.35 bits per heavy atom. The summed E-state index contributed by atoms with van der Waals surface area (Å²) in [6, 6.07) is 3.12. The highest BCUT2D eigenvalue weighted by atomic mass is 19.3. The summed E-state index contributed by atoms with van der Waals surface area (Å²) in [4.78, 5) is 0. The molecule has 1 aromatic rings. The Morgan fingerprint density at radius 2 is 2.00 bits per heavy atom. The number of hydrogen-bond acceptors (Lipinski definition) is 2. The van der Waals surface area contributed by atoms with Gasteiger partial charge in [0.2, 0.25) is 0 Å². The normalized spacial score (nSPS) is 18.0. The van der Waals surface area contributed by atoms with Crippen LogP contribution in [0, 0.1) is 6.92 Å². The lowest BCUT2D eigenvalue weighted by atomic mass is 9.70. The third-order valence-electron chi connectivity index (χ3n) is 3.58. The highest BCUT2D eigenvalue weighted by molar-refractivity contribution is 5.51. The molecule has 1 aliphatic carbocycles. The largest absolute Gasteiger partial charge is 0.496 e. The van der Waals surface area contributed by atoms with Crippen molar-refractivity contribution in [3.63, 3.8) is 0 Å². The molecule has 1 saturated carbocycles. The molecule has 2 rings (SSSR count). The van der Waals surface area contributed by atoms with Gasteiger partial charge in [-0.3, -0.25) is 0 Å². The molecule has 0 unspecified atom stereocenters. The van der Waals surface area contributed by atoms with Crippen LogP contribution in [0.15, 0.2) is 12.1 Å². The van der Waals surface area contributed by atoms with Gasteiger partial charge >= 0.3 is 0 Å². The fourth-order valence-corrected chi connectivity index (χ4v) is 2.52. The van der Waals surface area contributed by atoms with E-state index in [2.05, 4.69) is 0 Å². The number of methoxy groups -OCH3 is 1. The van der Waals surface area contributed by atoms with Gasteiger partial charge in [-0.05, 0) is 37.8 Å². The zero-order valence-electron chi connectivity index (χ0n) is 10.1. The Labute approximate surface area is 99.8 Å². The van der Waals surface area contributed by atoms with Gasteiger partial charge in [-0.2, -0.15) is 0 Å². The van der Waals surface area contributed by atoms with Gasteiger partial charge in [0, 0.05) is 11.1 Å². The van der Waals surface area contributed by atoms with Gasteiger partial charge in [0.15, 0.2) is 0 Å². The van der Waals surface area contributed by atoms with Crippen LogP contribution in [0.3, 0.4) is 0 Å². The summed E-state index contributed by atoms with van der Waals surface area (Å²) < 4.78 is 31.0. The standard InChI is InChI=1S/C13H17F2NO/c1-8-4-5-9(12(14)15)11(17-2)10(8)13(16)6-3-7-13/h4-5,12H,3,6-7,16H2,1-2H3. The Bertz CT molecular complexity index is 428. The van der Waals surface area contributed by atoms with Gasteiger partial charge in [0.05, 0.1) is 12.7 Å². The molecule has 0 radical (unpaired) electrons. The van der Waals surface area contributed by atoms with Crippen molar-refractivity contribution >= 4 is 0 Å². The van der Waals surface area contributed by atoms with Gasteiger partial charge in [0.25, 0.3) is 6.43 Å². The zero-order valence-corrected chi connectivity index (χ0v) is 10.1. The van der Waals surface area contributed by atoms with Crippen LogP contribution in [0.2, 0.25) is 0 Å². The first-order valence-corrected chi connectivity index (χ1v) is 5.74. The van der Waals surface area contributed by atoms with Crippen LogP contribution < -0.4 is 10.5 Å². The number of ether oxygens (including phenoxy) is 1. The smallest absolute Gasteiger partial charge is 0.267 e. The maximum absolute atomic E-state index is 12.9. The molecular formula is C13H17F2NO. The van der Waals surface area contributed by atoms with Gasteiger partial charge in [-0.1, -0.05) is 6.07 Å². The Kier molecular flexibility index (Phi) is 3.08. The third kappa shape index (κ3) is 1.90. The Hall–Kier alpha value is -1.16. The molecule has 0 saturated heterocycles. The molecule has 2 N–H and O–H groups in total. The van der Waals surface area contributed by atoms with E-state index in [0.717, 1.165) is 30.4 Å². The predicted molar refractivity (Wildman–Crippen MR) is 62.4 cm³/mol. The van der Waals surface area contributed by atoms with Crippen LogP contribution in [0.5, 0.6) is 5.75 Å². The summed E-state index contributed by atoms with van der Waals surface area (Å²) in [6.45, 7) is 1.89. The van der Waals surface area contributed by atoms with Crippen LogP contribution in [0.25, 0.3) is 0 Å². The monoisotopic (exact) mass is 241 g/mol. The first-order chi connectivity index (χ1) is 7.99. The van der Waals surface area contributed by atoms with Crippen LogP contribution in [-0.2, 0) is 5.54 Å². The molecule has 0 heterocycles. The van der Waals surface area contributed by atoms with Gasteiger partial charge in [-0.25, -0.2) is 8.78 Å². The lowest BCUT2D eigenvalue weighted by Crippen LogP contribution is -2.44. The van der Waals surface area contributed by atoms with E-state index < -0.39 is 12.0 Å². The van der Waals surface area contributed by atoms with Crippen molar-refractivity contribution in [1.82, 2.24) is 0 Å². The molecule has 0 amide bonds. The molecule has 4 heteroatoms. The molecule has 1 fully saturated rings. The van der Waals surface area contributed by atoms with E-state index in [-0.39, 0.29) is 11.3 Å². The van der Waals surface area contributed by atoms with Crippen molar-refractivity contribution in [3.8, 4) is 5.75 Å². The highest BCUT2D eigenvalue weighted by Gasteiger charge is 2.39. The maximum Gasteiger partial charge on any atom is 0.267 e. The lowest BCUT2D eigenvalue weighted by molar-refractivity contribution is 0.145. The second-order valence-electron chi connectivity index (χ2n) is 4.69. The van der Waals surface area contributed by atoms with Crippen LogP contribution in [0.4, 0.5) is 8.78 Å². The molecular weight excluding hydrogens is 224 g/mol. The summed E-state index contributed by atoms with van der Waals surface area (Å²) >= 11 is 0. The van der Waals surface area contributed by atoms with Crippen molar-refractivity contribution < 1.29 is 13.5 Å². The minimum absolute atomic E-state index is 0.0650. The summed E-state index contributed by atoms with van der Waals surface area (Å²) in [5.74, 6) is 0.266. The lowest BCUT2D eigenvalue weighted by Gasteiger charge is -2.40. The average molecular weight is 241 g/mol. The van der Waals surface area contributed by atoms with Crippen molar-refractivity contribution in [1.29, 1.82) is 0 Å². The molecule has 94 valence electrons. The van der Waals surface area contributed by atoms with E-state index in [4.69, 9.17) is 10.5 Å². The maximum atomic E-state index is 12.9. The van der Waals surface area contributed by atoms with Crippen LogP contribution >= 0.6 is 0 Å². The van der Waals surface area contributed by atoms with Crippen molar-refractivity contribution in [2.24, 2.45) is 5.73 Å². The third-order valence-corrected chi connectivity index (χ3v) is 3.58. The molecule has 1 aliphatic rings. The van der Waals surface area contributed by atoms with Crippen molar-refractivity contribution in [3.05, 3.63) is 28.8 Å². The van der Waals surface area contributed by atoms with Gasteiger partial charge < -0.3 is 10.5 Å². The SMILES string of the molecule is COc1c(C(F)F)ccc(C)c1C1(N)CCC1. The topological polar surface area (TPSA) is 35.2 Å². The molecule has 0 atom stereocenters.